The first-order valence-corrected chi connectivity index (χ1v) is 5.31. The molecule has 0 bridgehead atoms. The van der Waals surface area contributed by atoms with Gasteiger partial charge in [0.15, 0.2) is 0 Å². The fourth-order valence-electron chi connectivity index (χ4n) is 1.83. The van der Waals surface area contributed by atoms with Crippen LogP contribution in [0.15, 0.2) is 18.7 Å². The summed E-state index contributed by atoms with van der Waals surface area (Å²) in [6, 6.07) is -1.60. The number of amides is 2. The van der Waals surface area contributed by atoms with E-state index in [1.54, 1.807) is 0 Å². The molecule has 0 spiro atoms. The first-order valence-electron chi connectivity index (χ1n) is 5.31. The second-order valence-corrected chi connectivity index (χ2v) is 3.95. The van der Waals surface area contributed by atoms with E-state index in [-0.39, 0.29) is 13.0 Å². The van der Waals surface area contributed by atoms with E-state index in [0.717, 1.165) is 4.90 Å². The largest absolute Gasteiger partial charge is 0.480 e. The number of nitrogens with zero attached hydrogens (tertiary/aromatic N) is 3. The van der Waals surface area contributed by atoms with Crippen LogP contribution in [0.1, 0.15) is 6.42 Å². The Morgan fingerprint density at radius 1 is 1.39 bits per heavy atom. The summed E-state index contributed by atoms with van der Waals surface area (Å²) < 4.78 is 0. The molecule has 0 radical (unpaired) electrons. The highest BCUT2D eigenvalue weighted by atomic mass is 16.4. The Morgan fingerprint density at radius 2 is 2.06 bits per heavy atom. The van der Waals surface area contributed by atoms with Gasteiger partial charge in [0.25, 0.3) is 0 Å². The molecule has 1 aromatic heterocycles. The van der Waals surface area contributed by atoms with Crippen molar-refractivity contribution < 1.29 is 19.8 Å². The van der Waals surface area contributed by atoms with E-state index in [1.165, 1.54) is 18.7 Å². The summed E-state index contributed by atoms with van der Waals surface area (Å²) in [6.07, 6.45) is 3.33. The van der Waals surface area contributed by atoms with E-state index in [2.05, 4.69) is 15.3 Å². The fourth-order valence-corrected chi connectivity index (χ4v) is 1.83. The van der Waals surface area contributed by atoms with Gasteiger partial charge in [0.1, 0.15) is 12.4 Å². The SMILES string of the molecule is O=C(O)C1CC(O)CN1C(=O)Nc1cncnc1. The quantitative estimate of drug-likeness (QED) is 0.655. The van der Waals surface area contributed by atoms with Crippen molar-refractivity contribution in [1.82, 2.24) is 14.9 Å². The number of aliphatic hydroxyl groups is 1. The van der Waals surface area contributed by atoms with Gasteiger partial charge >= 0.3 is 12.0 Å². The van der Waals surface area contributed by atoms with Gasteiger partial charge in [-0.15, -0.1) is 0 Å². The zero-order chi connectivity index (χ0) is 13.1. The molecular formula is C10H12N4O4. The maximum absolute atomic E-state index is 11.9. The number of aliphatic carboxylic acids is 1. The maximum atomic E-state index is 11.9. The molecule has 1 fully saturated rings. The smallest absolute Gasteiger partial charge is 0.326 e. The highest BCUT2D eigenvalue weighted by Gasteiger charge is 2.38. The molecule has 3 N–H and O–H groups in total. The molecule has 2 atom stereocenters. The van der Waals surface area contributed by atoms with Gasteiger partial charge in [0.05, 0.1) is 24.2 Å². The van der Waals surface area contributed by atoms with Crippen molar-refractivity contribution >= 4 is 17.7 Å². The number of aromatic nitrogens is 2. The Morgan fingerprint density at radius 3 is 2.67 bits per heavy atom. The van der Waals surface area contributed by atoms with Gasteiger partial charge in [-0.3, -0.25) is 0 Å². The predicted molar refractivity (Wildman–Crippen MR) is 59.8 cm³/mol. The highest BCUT2D eigenvalue weighted by molar-refractivity contribution is 5.92. The molecule has 1 aromatic rings. The number of carboxylic acids is 1. The van der Waals surface area contributed by atoms with Gasteiger partial charge in [-0.25, -0.2) is 19.6 Å². The predicted octanol–water partition coefficient (Wildman–Crippen LogP) is -0.472. The van der Waals surface area contributed by atoms with E-state index < -0.39 is 24.1 Å². The van der Waals surface area contributed by atoms with Crippen LogP contribution in [0, 0.1) is 0 Å². The van der Waals surface area contributed by atoms with Crippen molar-refractivity contribution in [1.29, 1.82) is 0 Å². The minimum Gasteiger partial charge on any atom is -0.480 e. The molecule has 2 amide bonds. The topological polar surface area (TPSA) is 116 Å². The van der Waals surface area contributed by atoms with E-state index in [0.29, 0.717) is 5.69 Å². The molecular weight excluding hydrogens is 240 g/mol. The first-order chi connectivity index (χ1) is 8.58. The number of rotatable bonds is 2. The third-order valence-electron chi connectivity index (χ3n) is 2.64. The lowest BCUT2D eigenvalue weighted by Gasteiger charge is -2.21. The number of hydrogen-bond donors (Lipinski definition) is 3. The maximum Gasteiger partial charge on any atom is 0.326 e. The second kappa shape index (κ2) is 4.96. The minimum atomic E-state index is -1.13. The number of nitrogens with one attached hydrogen (secondary N) is 1. The Labute approximate surface area is 102 Å². The number of β-amino-alcohol motifs (C(OH)–C–C–N with tert-alkyl or cyclic N) is 1. The number of carboxylic acid groups (broad SMARTS) is 1. The fraction of sp³-hybridized carbons (Fsp3) is 0.400. The lowest BCUT2D eigenvalue weighted by molar-refractivity contribution is -0.141. The van der Waals surface area contributed by atoms with Crippen LogP contribution in [-0.4, -0.2) is 55.8 Å². The normalized spacial score (nSPS) is 22.8. The third kappa shape index (κ3) is 2.54. The summed E-state index contributed by atoms with van der Waals surface area (Å²) in [5.41, 5.74) is 0.369. The number of carbonyl (C=O) groups is 2. The zero-order valence-corrected chi connectivity index (χ0v) is 9.35. The molecule has 2 heterocycles. The molecule has 2 unspecified atom stereocenters. The van der Waals surface area contributed by atoms with Crippen LogP contribution in [0.25, 0.3) is 0 Å². The van der Waals surface area contributed by atoms with Crippen LogP contribution < -0.4 is 5.32 Å². The van der Waals surface area contributed by atoms with Crippen molar-refractivity contribution in [2.75, 3.05) is 11.9 Å². The van der Waals surface area contributed by atoms with Crippen molar-refractivity contribution in [3.05, 3.63) is 18.7 Å². The van der Waals surface area contributed by atoms with Crippen LogP contribution in [0.2, 0.25) is 0 Å². The van der Waals surface area contributed by atoms with Crippen molar-refractivity contribution in [2.45, 2.75) is 18.6 Å². The molecule has 0 aromatic carbocycles. The lowest BCUT2D eigenvalue weighted by atomic mass is 10.2. The van der Waals surface area contributed by atoms with Crippen LogP contribution >= 0.6 is 0 Å². The second-order valence-electron chi connectivity index (χ2n) is 3.95. The summed E-state index contributed by atoms with van der Waals surface area (Å²) in [6.45, 7) is -0.00348. The Balaban J connectivity index is 2.06. The highest BCUT2D eigenvalue weighted by Crippen LogP contribution is 2.19. The number of hydrogen-bond acceptors (Lipinski definition) is 5. The molecule has 0 aliphatic carbocycles. The summed E-state index contributed by atoms with van der Waals surface area (Å²) in [7, 11) is 0. The third-order valence-corrected chi connectivity index (χ3v) is 2.64. The summed E-state index contributed by atoms with van der Waals surface area (Å²) in [5.74, 6) is -1.13. The van der Waals surface area contributed by atoms with E-state index >= 15 is 0 Å². The molecule has 96 valence electrons. The Bertz CT molecular complexity index is 452. The monoisotopic (exact) mass is 252 g/mol. The average Bonchev–Trinajstić information content (AvgIpc) is 2.73. The molecule has 18 heavy (non-hydrogen) atoms. The van der Waals surface area contributed by atoms with Crippen LogP contribution in [0.3, 0.4) is 0 Å². The number of carbonyl (C=O) groups excluding carboxylic acids is 1. The molecule has 8 nitrogen and oxygen atoms in total. The Hall–Kier alpha value is -2.22. The van der Waals surface area contributed by atoms with Gasteiger partial charge in [0, 0.05) is 13.0 Å². The van der Waals surface area contributed by atoms with Gasteiger partial charge in [-0.2, -0.15) is 0 Å². The number of urea groups is 1. The zero-order valence-electron chi connectivity index (χ0n) is 9.35. The van der Waals surface area contributed by atoms with Crippen LogP contribution in [0.4, 0.5) is 10.5 Å². The van der Waals surface area contributed by atoms with Crippen molar-refractivity contribution in [3.63, 3.8) is 0 Å². The number of aliphatic hydroxyl groups excluding tert-OH is 1. The molecule has 0 saturated carbocycles. The molecule has 1 aliphatic heterocycles. The molecule has 1 saturated heterocycles. The van der Waals surface area contributed by atoms with Crippen molar-refractivity contribution in [2.24, 2.45) is 0 Å². The van der Waals surface area contributed by atoms with Crippen LogP contribution in [0.5, 0.6) is 0 Å². The molecule has 1 aliphatic rings. The number of likely N-dealkylation sites (tertiary alicyclic amines) is 1. The molecule has 2 rings (SSSR count). The van der Waals surface area contributed by atoms with E-state index in [9.17, 15) is 14.7 Å². The van der Waals surface area contributed by atoms with E-state index in [1.807, 2.05) is 0 Å². The first kappa shape index (κ1) is 12.2. The summed E-state index contributed by atoms with van der Waals surface area (Å²) in [4.78, 5) is 31.3. The summed E-state index contributed by atoms with van der Waals surface area (Å²) >= 11 is 0. The standard InChI is InChI=1S/C10H12N4O4/c15-7-1-8(9(16)17)14(4-7)10(18)13-6-2-11-5-12-3-6/h2-3,5,7-8,15H,1,4H2,(H,13,18)(H,16,17). The lowest BCUT2D eigenvalue weighted by Crippen LogP contribution is -2.43. The van der Waals surface area contributed by atoms with Gasteiger partial charge in [0.2, 0.25) is 0 Å². The number of anilines is 1. The van der Waals surface area contributed by atoms with E-state index in [4.69, 9.17) is 5.11 Å². The minimum absolute atomic E-state index is 0.00348. The van der Waals surface area contributed by atoms with Gasteiger partial charge in [-0.05, 0) is 0 Å². The van der Waals surface area contributed by atoms with Crippen molar-refractivity contribution in [3.8, 4) is 0 Å². The average molecular weight is 252 g/mol. The van der Waals surface area contributed by atoms with Crippen LogP contribution in [-0.2, 0) is 4.79 Å². The Kier molecular flexibility index (Phi) is 3.38. The van der Waals surface area contributed by atoms with Gasteiger partial charge in [-0.1, -0.05) is 0 Å². The molecule has 8 heteroatoms. The summed E-state index contributed by atoms with van der Waals surface area (Å²) in [5, 5.41) is 20.9. The van der Waals surface area contributed by atoms with Gasteiger partial charge < -0.3 is 20.4 Å².